The molecule has 0 aromatic heterocycles. The predicted molar refractivity (Wildman–Crippen MR) is 69.5 cm³/mol. The van der Waals surface area contributed by atoms with Crippen LogP contribution in [0.3, 0.4) is 0 Å². The van der Waals surface area contributed by atoms with Gasteiger partial charge in [-0.3, -0.25) is 0 Å². The summed E-state index contributed by atoms with van der Waals surface area (Å²) >= 11 is 3.15. The third-order valence-electron chi connectivity index (χ3n) is 2.65. The highest BCUT2D eigenvalue weighted by molar-refractivity contribution is 9.10. The minimum Gasteiger partial charge on any atom is -0.379 e. The fourth-order valence-corrected chi connectivity index (χ4v) is 1.67. The highest BCUT2D eigenvalue weighted by Crippen LogP contribution is 2.18. The number of hydrogen-bond donors (Lipinski definition) is 0. The summed E-state index contributed by atoms with van der Waals surface area (Å²) in [6, 6.07) is 4.89. The first kappa shape index (κ1) is 14.6. The zero-order valence-electron chi connectivity index (χ0n) is 10.4. The first-order chi connectivity index (χ1) is 7.94. The first-order valence-corrected chi connectivity index (χ1v) is 6.31. The van der Waals surface area contributed by atoms with E-state index >= 15 is 0 Å². The molecule has 0 unspecified atom stereocenters. The summed E-state index contributed by atoms with van der Waals surface area (Å²) in [6.07, 6.45) is 0.825. The number of benzene rings is 1. The molecule has 1 aromatic rings. The van der Waals surface area contributed by atoms with Gasteiger partial charge in [0, 0.05) is 13.7 Å². The van der Waals surface area contributed by atoms with Crippen LogP contribution in [0.1, 0.15) is 25.8 Å². The minimum atomic E-state index is -0.255. The van der Waals surface area contributed by atoms with E-state index in [2.05, 4.69) is 15.9 Å². The second-order valence-corrected chi connectivity index (χ2v) is 5.37. The lowest BCUT2D eigenvalue weighted by atomic mass is 10.1. The number of halogens is 2. The van der Waals surface area contributed by atoms with Crippen molar-refractivity contribution in [3.63, 3.8) is 0 Å². The molecule has 1 rings (SSSR count). The van der Waals surface area contributed by atoms with Crippen molar-refractivity contribution in [2.75, 3.05) is 13.7 Å². The van der Waals surface area contributed by atoms with Crippen molar-refractivity contribution in [2.45, 2.75) is 32.5 Å². The van der Waals surface area contributed by atoms with Gasteiger partial charge in [-0.2, -0.15) is 0 Å². The van der Waals surface area contributed by atoms with Crippen LogP contribution in [0.2, 0.25) is 0 Å². The van der Waals surface area contributed by atoms with Gasteiger partial charge in [-0.25, -0.2) is 4.39 Å². The van der Waals surface area contributed by atoms with Gasteiger partial charge in [0.15, 0.2) is 0 Å². The van der Waals surface area contributed by atoms with E-state index in [0.29, 0.717) is 17.7 Å². The third-order valence-corrected chi connectivity index (χ3v) is 3.26. The molecule has 0 atom stereocenters. The molecule has 0 saturated heterocycles. The molecule has 0 radical (unpaired) electrons. The van der Waals surface area contributed by atoms with Crippen LogP contribution in [-0.4, -0.2) is 19.3 Å². The summed E-state index contributed by atoms with van der Waals surface area (Å²) in [5.41, 5.74) is 0.789. The minimum absolute atomic E-state index is 0.163. The Labute approximate surface area is 110 Å². The number of ether oxygens (including phenoxy) is 2. The SMILES string of the molecule is COC(C)(C)CCOCc1ccc(F)c(Br)c1. The fraction of sp³-hybridized carbons (Fsp3) is 0.538. The Balaban J connectivity index is 2.34. The summed E-state index contributed by atoms with van der Waals surface area (Å²) < 4.78 is 24.3. The smallest absolute Gasteiger partial charge is 0.137 e. The Bertz CT molecular complexity index is 366. The van der Waals surface area contributed by atoms with Crippen LogP contribution in [-0.2, 0) is 16.1 Å². The Morgan fingerprint density at radius 3 is 2.65 bits per heavy atom. The van der Waals surface area contributed by atoms with E-state index in [1.807, 2.05) is 13.8 Å². The van der Waals surface area contributed by atoms with Crippen molar-refractivity contribution in [2.24, 2.45) is 0 Å². The lowest BCUT2D eigenvalue weighted by Crippen LogP contribution is -2.24. The molecule has 0 heterocycles. The first-order valence-electron chi connectivity index (χ1n) is 5.51. The molecule has 0 aliphatic carbocycles. The molecule has 0 saturated carbocycles. The summed E-state index contributed by atoms with van der Waals surface area (Å²) in [4.78, 5) is 0. The highest BCUT2D eigenvalue weighted by atomic mass is 79.9. The number of hydrogen-bond acceptors (Lipinski definition) is 2. The maximum absolute atomic E-state index is 13.0. The van der Waals surface area contributed by atoms with Crippen LogP contribution in [0.5, 0.6) is 0 Å². The lowest BCUT2D eigenvalue weighted by Gasteiger charge is -2.22. The number of methoxy groups -OCH3 is 1. The lowest BCUT2D eigenvalue weighted by molar-refractivity contribution is -0.0124. The van der Waals surface area contributed by atoms with E-state index in [4.69, 9.17) is 9.47 Å². The van der Waals surface area contributed by atoms with Crippen LogP contribution in [0.25, 0.3) is 0 Å². The van der Waals surface area contributed by atoms with Crippen LogP contribution < -0.4 is 0 Å². The summed E-state index contributed by atoms with van der Waals surface area (Å²) in [5, 5.41) is 0. The number of rotatable bonds is 6. The van der Waals surface area contributed by atoms with Crippen molar-refractivity contribution >= 4 is 15.9 Å². The summed E-state index contributed by atoms with van der Waals surface area (Å²) in [5.74, 6) is -0.255. The van der Waals surface area contributed by atoms with Gasteiger partial charge in [0.05, 0.1) is 16.7 Å². The molecule has 0 aliphatic rings. The molecule has 17 heavy (non-hydrogen) atoms. The van der Waals surface area contributed by atoms with Gasteiger partial charge < -0.3 is 9.47 Å². The van der Waals surface area contributed by atoms with Crippen LogP contribution >= 0.6 is 15.9 Å². The highest BCUT2D eigenvalue weighted by Gasteiger charge is 2.15. The van der Waals surface area contributed by atoms with E-state index < -0.39 is 0 Å². The zero-order chi connectivity index (χ0) is 12.9. The van der Waals surface area contributed by atoms with E-state index in [-0.39, 0.29) is 11.4 Å². The van der Waals surface area contributed by atoms with Gasteiger partial charge in [-0.15, -0.1) is 0 Å². The summed E-state index contributed by atoms with van der Waals surface area (Å²) in [7, 11) is 1.69. The van der Waals surface area contributed by atoms with E-state index in [1.165, 1.54) is 6.07 Å². The molecule has 0 amide bonds. The maximum Gasteiger partial charge on any atom is 0.137 e. The average Bonchev–Trinajstić information content (AvgIpc) is 2.29. The molecular weight excluding hydrogens is 287 g/mol. The van der Waals surface area contributed by atoms with Crippen molar-refractivity contribution in [3.8, 4) is 0 Å². The molecule has 0 fully saturated rings. The van der Waals surface area contributed by atoms with E-state index in [9.17, 15) is 4.39 Å². The Kier molecular flexibility index (Phi) is 5.56. The fourth-order valence-electron chi connectivity index (χ4n) is 1.24. The van der Waals surface area contributed by atoms with Crippen molar-refractivity contribution in [1.29, 1.82) is 0 Å². The van der Waals surface area contributed by atoms with Gasteiger partial charge in [-0.1, -0.05) is 6.07 Å². The molecule has 1 aromatic carbocycles. The van der Waals surface area contributed by atoms with Gasteiger partial charge in [0.25, 0.3) is 0 Å². The Hall–Kier alpha value is -0.450. The molecule has 0 spiro atoms. The standard InChI is InChI=1S/C13H18BrFO2/c1-13(2,16-3)6-7-17-9-10-4-5-12(15)11(14)8-10/h4-5,8H,6-7,9H2,1-3H3. The van der Waals surface area contributed by atoms with Crippen molar-refractivity contribution in [1.82, 2.24) is 0 Å². The zero-order valence-corrected chi connectivity index (χ0v) is 12.0. The molecule has 96 valence electrons. The molecule has 4 heteroatoms. The topological polar surface area (TPSA) is 18.5 Å². The van der Waals surface area contributed by atoms with Crippen molar-refractivity contribution in [3.05, 3.63) is 34.1 Å². The molecular formula is C13H18BrFO2. The molecule has 2 nitrogen and oxygen atoms in total. The van der Waals surface area contributed by atoms with Gasteiger partial charge in [0.1, 0.15) is 5.82 Å². The third kappa shape index (κ3) is 5.15. The van der Waals surface area contributed by atoms with E-state index in [1.54, 1.807) is 19.2 Å². The van der Waals surface area contributed by atoms with Crippen LogP contribution in [0.4, 0.5) is 4.39 Å². The second-order valence-electron chi connectivity index (χ2n) is 4.51. The molecule has 0 N–H and O–H groups in total. The quantitative estimate of drug-likeness (QED) is 0.742. The monoisotopic (exact) mass is 304 g/mol. The van der Waals surface area contributed by atoms with Crippen LogP contribution in [0.15, 0.2) is 22.7 Å². The van der Waals surface area contributed by atoms with E-state index in [0.717, 1.165) is 12.0 Å². The largest absolute Gasteiger partial charge is 0.379 e. The normalized spacial score (nSPS) is 11.8. The molecule has 0 bridgehead atoms. The maximum atomic E-state index is 13.0. The molecule has 0 aliphatic heterocycles. The second kappa shape index (κ2) is 6.47. The summed E-state index contributed by atoms with van der Waals surface area (Å²) in [6.45, 7) is 5.14. The predicted octanol–water partition coefficient (Wildman–Crippen LogP) is 3.92. The van der Waals surface area contributed by atoms with Crippen LogP contribution in [0, 0.1) is 5.82 Å². The van der Waals surface area contributed by atoms with Gasteiger partial charge in [-0.05, 0) is 53.9 Å². The Morgan fingerprint density at radius 1 is 1.35 bits per heavy atom. The van der Waals surface area contributed by atoms with Gasteiger partial charge in [0.2, 0.25) is 0 Å². The van der Waals surface area contributed by atoms with Crippen molar-refractivity contribution < 1.29 is 13.9 Å². The Morgan fingerprint density at radius 2 is 2.06 bits per heavy atom. The van der Waals surface area contributed by atoms with Gasteiger partial charge >= 0.3 is 0 Å². The average molecular weight is 305 g/mol.